The number of benzene rings is 3. The van der Waals surface area contributed by atoms with Crippen LogP contribution in [0.3, 0.4) is 0 Å². The lowest BCUT2D eigenvalue weighted by Gasteiger charge is -2.27. The Morgan fingerprint density at radius 1 is 0.898 bits per heavy atom. The van der Waals surface area contributed by atoms with Gasteiger partial charge in [-0.25, -0.2) is 4.39 Å². The molecule has 10 nitrogen and oxygen atoms in total. The smallest absolute Gasteiger partial charge is 0.255 e. The van der Waals surface area contributed by atoms with Crippen LogP contribution in [0.1, 0.15) is 79.7 Å². The molecule has 0 saturated heterocycles. The molecule has 262 valence electrons. The predicted molar refractivity (Wildman–Crippen MR) is 185 cm³/mol. The Hall–Kier alpha value is -4.93. The number of fused-ring (bicyclic) bond motifs is 2. The number of hydrogen-bond donors (Lipinski definition) is 4. The molecule has 0 aromatic heterocycles. The lowest BCUT2D eigenvalue weighted by Crippen LogP contribution is -2.50. The molecule has 0 spiro atoms. The maximum Gasteiger partial charge on any atom is 0.255 e. The summed E-state index contributed by atoms with van der Waals surface area (Å²) in [6.45, 7) is 8.82. The molecular formula is C38H47FN4O6. The van der Waals surface area contributed by atoms with E-state index in [4.69, 9.17) is 9.47 Å². The van der Waals surface area contributed by atoms with E-state index < -0.39 is 23.3 Å². The van der Waals surface area contributed by atoms with Gasteiger partial charge in [0.25, 0.3) is 11.8 Å². The average Bonchev–Trinajstić information content (AvgIpc) is 3.07. The zero-order chi connectivity index (χ0) is 35.4. The Morgan fingerprint density at radius 2 is 1.53 bits per heavy atom. The lowest BCUT2D eigenvalue weighted by atomic mass is 9.84. The van der Waals surface area contributed by atoms with Crippen LogP contribution >= 0.6 is 0 Å². The van der Waals surface area contributed by atoms with E-state index >= 15 is 0 Å². The summed E-state index contributed by atoms with van der Waals surface area (Å²) in [7, 11) is 0. The number of nitrogens with one attached hydrogen (secondary N) is 4. The SMILES string of the molecule is CC(C)C[C@H]1COc2ccccc2C(=O)NCCCOc2ccccc2C(=O)N[C@H](C(=O)NCC(C)(C)c2ccc(F)cc2)CCC(=O)N1. The van der Waals surface area contributed by atoms with Gasteiger partial charge in [-0.1, -0.05) is 64.1 Å². The fourth-order valence-corrected chi connectivity index (χ4v) is 5.55. The second-order valence-corrected chi connectivity index (χ2v) is 13.3. The first kappa shape index (κ1) is 36.9. The quantitative estimate of drug-likeness (QED) is 0.293. The Kier molecular flexibility index (Phi) is 13.1. The number of carbonyl (C=O) groups is 4. The third-order valence-electron chi connectivity index (χ3n) is 8.30. The molecule has 0 saturated carbocycles. The van der Waals surface area contributed by atoms with Crippen molar-refractivity contribution in [3.63, 3.8) is 0 Å². The number of para-hydroxylation sites is 2. The van der Waals surface area contributed by atoms with Crippen molar-refractivity contribution in [1.29, 1.82) is 0 Å². The first-order chi connectivity index (χ1) is 23.4. The fraction of sp³-hybridized carbons (Fsp3) is 0.421. The van der Waals surface area contributed by atoms with Crippen LogP contribution in [0.15, 0.2) is 72.8 Å². The zero-order valence-corrected chi connectivity index (χ0v) is 28.6. The van der Waals surface area contributed by atoms with E-state index in [1.54, 1.807) is 60.7 Å². The van der Waals surface area contributed by atoms with Crippen LogP contribution in [-0.4, -0.2) is 62.0 Å². The van der Waals surface area contributed by atoms with Crippen LogP contribution in [0, 0.1) is 11.7 Å². The van der Waals surface area contributed by atoms with Gasteiger partial charge in [-0.05, 0) is 67.1 Å². The number of ether oxygens (including phenoxy) is 2. The summed E-state index contributed by atoms with van der Waals surface area (Å²) < 4.78 is 25.5. The van der Waals surface area contributed by atoms with Crippen LogP contribution in [-0.2, 0) is 15.0 Å². The van der Waals surface area contributed by atoms with Gasteiger partial charge in [0.2, 0.25) is 11.8 Å². The van der Waals surface area contributed by atoms with Gasteiger partial charge < -0.3 is 30.7 Å². The number of hydrogen-bond acceptors (Lipinski definition) is 6. The highest BCUT2D eigenvalue weighted by molar-refractivity contribution is 6.00. The summed E-state index contributed by atoms with van der Waals surface area (Å²) in [6, 6.07) is 18.3. The molecule has 0 fully saturated rings. The largest absolute Gasteiger partial charge is 0.493 e. The van der Waals surface area contributed by atoms with Crippen molar-refractivity contribution >= 4 is 23.6 Å². The maximum absolute atomic E-state index is 13.6. The molecule has 49 heavy (non-hydrogen) atoms. The highest BCUT2D eigenvalue weighted by Crippen LogP contribution is 2.23. The molecule has 0 radical (unpaired) electrons. The number of halogens is 1. The van der Waals surface area contributed by atoms with Gasteiger partial charge in [0.15, 0.2) is 0 Å². The minimum Gasteiger partial charge on any atom is -0.493 e. The lowest BCUT2D eigenvalue weighted by molar-refractivity contribution is -0.124. The molecule has 0 aliphatic carbocycles. The molecule has 1 heterocycles. The Balaban J connectivity index is 1.56. The fourth-order valence-electron chi connectivity index (χ4n) is 5.55. The number of amides is 4. The van der Waals surface area contributed by atoms with Gasteiger partial charge in [-0.3, -0.25) is 19.2 Å². The predicted octanol–water partition coefficient (Wildman–Crippen LogP) is 4.92. The molecule has 4 rings (SSSR count). The van der Waals surface area contributed by atoms with E-state index in [0.717, 1.165) is 5.56 Å². The van der Waals surface area contributed by atoms with Crippen LogP contribution in [0.5, 0.6) is 11.5 Å². The zero-order valence-electron chi connectivity index (χ0n) is 28.6. The second-order valence-electron chi connectivity index (χ2n) is 13.3. The molecule has 4 amide bonds. The minimum absolute atomic E-state index is 0.0294. The number of carbonyl (C=O) groups excluding carboxylic acids is 4. The molecule has 0 bridgehead atoms. The van der Waals surface area contributed by atoms with E-state index in [0.29, 0.717) is 36.4 Å². The van der Waals surface area contributed by atoms with E-state index in [1.165, 1.54) is 12.1 Å². The number of rotatable bonds is 6. The van der Waals surface area contributed by atoms with Crippen molar-refractivity contribution in [1.82, 2.24) is 21.3 Å². The minimum atomic E-state index is -1.04. The monoisotopic (exact) mass is 674 g/mol. The molecule has 0 unspecified atom stereocenters. The summed E-state index contributed by atoms with van der Waals surface area (Å²) in [6.07, 6.45) is 1.07. The van der Waals surface area contributed by atoms with Gasteiger partial charge >= 0.3 is 0 Å². The maximum atomic E-state index is 13.6. The van der Waals surface area contributed by atoms with E-state index in [9.17, 15) is 23.6 Å². The Bertz CT molecular complexity index is 1590. The normalized spacial score (nSPS) is 18.4. The van der Waals surface area contributed by atoms with E-state index in [1.807, 2.05) is 27.7 Å². The molecule has 3 aromatic rings. The van der Waals surface area contributed by atoms with Crippen LogP contribution in [0.4, 0.5) is 4.39 Å². The molecule has 4 N–H and O–H groups in total. The first-order valence-corrected chi connectivity index (χ1v) is 16.8. The van der Waals surface area contributed by atoms with Crippen LogP contribution < -0.4 is 30.7 Å². The second kappa shape index (κ2) is 17.5. The molecule has 2 atom stereocenters. The summed E-state index contributed by atoms with van der Waals surface area (Å²) in [5, 5.41) is 11.7. The molecule has 1 aliphatic heterocycles. The van der Waals surface area contributed by atoms with Gasteiger partial charge in [0.05, 0.1) is 23.8 Å². The summed E-state index contributed by atoms with van der Waals surface area (Å²) in [4.78, 5) is 53.5. The van der Waals surface area contributed by atoms with Gasteiger partial charge in [-0.15, -0.1) is 0 Å². The van der Waals surface area contributed by atoms with E-state index in [-0.39, 0.29) is 67.8 Å². The molecule has 1 aliphatic rings. The van der Waals surface area contributed by atoms with E-state index in [2.05, 4.69) is 21.3 Å². The average molecular weight is 675 g/mol. The van der Waals surface area contributed by atoms with Crippen molar-refractivity contribution in [3.05, 3.63) is 95.3 Å². The highest BCUT2D eigenvalue weighted by Gasteiger charge is 2.28. The van der Waals surface area contributed by atoms with Gasteiger partial charge in [0.1, 0.15) is 30.0 Å². The molecular weight excluding hydrogens is 627 g/mol. The van der Waals surface area contributed by atoms with Crippen molar-refractivity contribution in [2.45, 2.75) is 70.9 Å². The van der Waals surface area contributed by atoms with Gasteiger partial charge in [-0.2, -0.15) is 0 Å². The van der Waals surface area contributed by atoms with Gasteiger partial charge in [0, 0.05) is 24.9 Å². The standard InChI is InChI=1S/C38H47FN4O6/c1-25(2)22-28-23-49-33-13-8-5-10-29(33)35(45)40-20-9-21-48-32-12-7-6-11-30(32)36(46)43-31(18-19-34(44)42-28)37(47)41-24-38(3,4)26-14-16-27(39)17-15-26/h5-8,10-17,25,28,31H,9,18-24H2,1-4H3,(H,40,45)(H,41,47)(H,42,44)(H,43,46)/t28-,31-/m0/s1. The summed E-state index contributed by atoms with van der Waals surface area (Å²) in [5.41, 5.74) is 0.907. The molecule has 11 heteroatoms. The first-order valence-electron chi connectivity index (χ1n) is 16.8. The van der Waals surface area contributed by atoms with Crippen molar-refractivity contribution in [3.8, 4) is 11.5 Å². The van der Waals surface area contributed by atoms with Crippen molar-refractivity contribution < 1.29 is 33.0 Å². The summed E-state index contributed by atoms with van der Waals surface area (Å²) >= 11 is 0. The van der Waals surface area contributed by atoms with Crippen molar-refractivity contribution in [2.75, 3.05) is 26.3 Å². The summed E-state index contributed by atoms with van der Waals surface area (Å²) in [5.74, 6) is -0.961. The highest BCUT2D eigenvalue weighted by atomic mass is 19.1. The topological polar surface area (TPSA) is 135 Å². The Labute approximate surface area is 287 Å². The van der Waals surface area contributed by atoms with Crippen LogP contribution in [0.25, 0.3) is 0 Å². The van der Waals surface area contributed by atoms with Crippen molar-refractivity contribution in [2.24, 2.45) is 5.92 Å². The van der Waals surface area contributed by atoms with Crippen LogP contribution in [0.2, 0.25) is 0 Å². The Morgan fingerprint density at radius 3 is 2.20 bits per heavy atom. The third kappa shape index (κ3) is 11.1. The molecule has 3 aromatic carbocycles. The third-order valence-corrected chi connectivity index (χ3v) is 8.30.